The van der Waals surface area contributed by atoms with Crippen LogP contribution in [0.5, 0.6) is 17.2 Å². The maximum absolute atomic E-state index is 13.6. The molecule has 1 atom stereocenters. The number of hydrogen-bond donors (Lipinski definition) is 0. The Labute approximate surface area is 182 Å². The molecule has 0 saturated heterocycles. The molecule has 0 aliphatic carbocycles. The van der Waals surface area contributed by atoms with Gasteiger partial charge < -0.3 is 18.9 Å². The van der Waals surface area contributed by atoms with E-state index in [-0.39, 0.29) is 24.0 Å². The minimum absolute atomic E-state index is 0.0123. The van der Waals surface area contributed by atoms with E-state index in [1.165, 1.54) is 44.4 Å². The van der Waals surface area contributed by atoms with Gasteiger partial charge in [0.25, 0.3) is 0 Å². The summed E-state index contributed by atoms with van der Waals surface area (Å²) in [6, 6.07) is 7.38. The lowest BCUT2D eigenvalue weighted by Crippen LogP contribution is -2.37. The number of rotatable bonds is 5. The lowest BCUT2D eigenvalue weighted by atomic mass is 9.83. The molecule has 0 spiro atoms. The van der Waals surface area contributed by atoms with Crippen molar-refractivity contribution in [3.05, 3.63) is 58.0 Å². The Kier molecular flexibility index (Phi) is 5.49. The van der Waals surface area contributed by atoms with Crippen LogP contribution < -0.4 is 19.1 Å². The van der Waals surface area contributed by atoms with Crippen molar-refractivity contribution in [2.24, 2.45) is 0 Å². The minimum atomic E-state index is -0.599. The lowest BCUT2D eigenvalue weighted by Gasteiger charge is -2.32. The lowest BCUT2D eigenvalue weighted by molar-refractivity contribution is -0.136. The molecule has 9 heteroatoms. The molecule has 7 nitrogen and oxygen atoms in total. The van der Waals surface area contributed by atoms with Gasteiger partial charge in [0.1, 0.15) is 12.4 Å². The first-order valence-corrected chi connectivity index (χ1v) is 9.75. The highest BCUT2D eigenvalue weighted by atomic mass is 35.5. The number of ether oxygens (including phenoxy) is 4. The van der Waals surface area contributed by atoms with E-state index in [0.717, 1.165) is 0 Å². The Bertz CT molecular complexity index is 1090. The van der Waals surface area contributed by atoms with Gasteiger partial charge in [0.15, 0.2) is 11.5 Å². The Morgan fingerprint density at radius 2 is 1.74 bits per heavy atom. The molecule has 0 bridgehead atoms. The van der Waals surface area contributed by atoms with Gasteiger partial charge in [-0.2, -0.15) is 0 Å². The van der Waals surface area contributed by atoms with Crippen LogP contribution in [0.3, 0.4) is 0 Å². The molecule has 4 rings (SSSR count). The van der Waals surface area contributed by atoms with Gasteiger partial charge in [-0.3, -0.25) is 9.69 Å². The van der Waals surface area contributed by atoms with E-state index in [9.17, 15) is 14.0 Å². The topological polar surface area (TPSA) is 74.3 Å². The molecule has 0 N–H and O–H groups in total. The smallest absolute Gasteiger partial charge is 0.336 e. The highest BCUT2D eigenvalue weighted by Crippen LogP contribution is 2.46. The number of methoxy groups -OCH3 is 3. The molecular formula is C22H19ClFNO6. The number of halogens is 2. The van der Waals surface area contributed by atoms with E-state index < -0.39 is 17.7 Å². The Hall–Kier alpha value is -3.26. The Morgan fingerprint density at radius 3 is 2.32 bits per heavy atom. The predicted octanol–water partition coefficient (Wildman–Crippen LogP) is 3.84. The van der Waals surface area contributed by atoms with Crippen LogP contribution in [-0.4, -0.2) is 39.8 Å². The van der Waals surface area contributed by atoms with Crippen LogP contribution in [0.1, 0.15) is 17.9 Å². The quantitative estimate of drug-likeness (QED) is 0.648. The minimum Gasteiger partial charge on any atom is -0.493 e. The van der Waals surface area contributed by atoms with Crippen LogP contribution in [0.15, 0.2) is 41.6 Å². The molecule has 2 aliphatic heterocycles. The summed E-state index contributed by atoms with van der Waals surface area (Å²) in [6.45, 7) is -0.0736. The number of nitrogens with zero attached hydrogens (tertiary/aromatic N) is 1. The summed E-state index contributed by atoms with van der Waals surface area (Å²) in [5, 5.41) is -0.121. The second kappa shape index (κ2) is 8.11. The molecule has 2 aromatic carbocycles. The third kappa shape index (κ3) is 3.46. The molecule has 2 aromatic rings. The summed E-state index contributed by atoms with van der Waals surface area (Å²) in [7, 11) is 4.47. The second-order valence-corrected chi connectivity index (χ2v) is 7.39. The van der Waals surface area contributed by atoms with Gasteiger partial charge in [-0.1, -0.05) is 11.6 Å². The SMILES string of the molecule is COc1cc(C2CC(=O)N(c3ccc(F)c(Cl)c3)C3=C2C(=O)OC3)cc(OC)c1OC. The molecule has 0 radical (unpaired) electrons. The summed E-state index contributed by atoms with van der Waals surface area (Å²) in [5.74, 6) is -0.743. The zero-order valence-corrected chi connectivity index (χ0v) is 17.8. The van der Waals surface area contributed by atoms with Crippen molar-refractivity contribution in [1.82, 2.24) is 0 Å². The molecule has 0 fully saturated rings. The molecule has 1 unspecified atom stereocenters. The predicted molar refractivity (Wildman–Crippen MR) is 110 cm³/mol. The van der Waals surface area contributed by atoms with Crippen LogP contribution >= 0.6 is 11.6 Å². The van der Waals surface area contributed by atoms with Gasteiger partial charge in [0.2, 0.25) is 11.7 Å². The molecular weight excluding hydrogens is 429 g/mol. The zero-order valence-electron chi connectivity index (χ0n) is 17.0. The average Bonchev–Trinajstić information content (AvgIpc) is 3.15. The largest absolute Gasteiger partial charge is 0.493 e. The fraction of sp³-hybridized carbons (Fsp3) is 0.273. The molecule has 0 aromatic heterocycles. The number of hydrogen-bond acceptors (Lipinski definition) is 6. The standard InChI is InChI=1S/C22H19ClFNO6/c1-28-17-6-11(7-18(29-2)21(17)30-3)13-9-19(26)25(16-10-31-22(27)20(13)16)12-4-5-15(24)14(23)8-12/h4-8,13H,9-10H2,1-3H3. The van der Waals surface area contributed by atoms with E-state index in [1.54, 1.807) is 12.1 Å². The fourth-order valence-electron chi connectivity index (χ4n) is 3.97. The first kappa shape index (κ1) is 21.0. The van der Waals surface area contributed by atoms with E-state index in [0.29, 0.717) is 39.8 Å². The van der Waals surface area contributed by atoms with Gasteiger partial charge in [-0.05, 0) is 35.9 Å². The van der Waals surface area contributed by atoms with Crippen molar-refractivity contribution in [3.8, 4) is 17.2 Å². The number of cyclic esters (lactones) is 1. The first-order valence-electron chi connectivity index (χ1n) is 9.37. The first-order chi connectivity index (χ1) is 14.9. The summed E-state index contributed by atoms with van der Waals surface area (Å²) in [5.41, 5.74) is 1.77. The summed E-state index contributed by atoms with van der Waals surface area (Å²) in [6.07, 6.45) is -0.0123. The van der Waals surface area contributed by atoms with Gasteiger partial charge in [0.05, 0.1) is 43.3 Å². The van der Waals surface area contributed by atoms with Crippen molar-refractivity contribution in [3.63, 3.8) is 0 Å². The fourth-order valence-corrected chi connectivity index (χ4v) is 4.14. The van der Waals surface area contributed by atoms with Gasteiger partial charge in [-0.25, -0.2) is 9.18 Å². The summed E-state index contributed by atoms with van der Waals surface area (Å²) >= 11 is 5.91. The number of esters is 1. The van der Waals surface area contributed by atoms with Crippen molar-refractivity contribution in [2.75, 3.05) is 32.8 Å². The van der Waals surface area contributed by atoms with Gasteiger partial charge >= 0.3 is 5.97 Å². The Morgan fingerprint density at radius 1 is 1.06 bits per heavy atom. The summed E-state index contributed by atoms with van der Waals surface area (Å²) in [4.78, 5) is 27.2. The van der Waals surface area contributed by atoms with Crippen molar-refractivity contribution < 1.29 is 32.9 Å². The number of amides is 1. The number of carbonyl (C=O) groups is 2. The van der Waals surface area contributed by atoms with Crippen LogP contribution in [-0.2, 0) is 14.3 Å². The molecule has 1 amide bonds. The summed E-state index contributed by atoms with van der Waals surface area (Å²) < 4.78 is 35.1. The van der Waals surface area contributed by atoms with E-state index in [4.69, 9.17) is 30.5 Å². The zero-order chi connectivity index (χ0) is 22.3. The normalized spacial score (nSPS) is 18.1. The van der Waals surface area contributed by atoms with Crippen molar-refractivity contribution in [1.29, 1.82) is 0 Å². The van der Waals surface area contributed by atoms with E-state index >= 15 is 0 Å². The number of carbonyl (C=O) groups excluding carboxylic acids is 2. The van der Waals surface area contributed by atoms with Crippen LogP contribution in [0, 0.1) is 5.82 Å². The molecule has 0 saturated carbocycles. The van der Waals surface area contributed by atoms with Crippen LogP contribution in [0.25, 0.3) is 0 Å². The van der Waals surface area contributed by atoms with Crippen molar-refractivity contribution in [2.45, 2.75) is 12.3 Å². The van der Waals surface area contributed by atoms with Gasteiger partial charge in [0, 0.05) is 12.3 Å². The highest BCUT2D eigenvalue weighted by Gasteiger charge is 2.43. The van der Waals surface area contributed by atoms with Crippen LogP contribution in [0.4, 0.5) is 10.1 Å². The molecule has 162 valence electrons. The maximum Gasteiger partial charge on any atom is 0.336 e. The van der Waals surface area contributed by atoms with Crippen molar-refractivity contribution >= 4 is 29.2 Å². The monoisotopic (exact) mass is 447 g/mol. The van der Waals surface area contributed by atoms with E-state index in [1.807, 2.05) is 0 Å². The third-order valence-corrected chi connectivity index (χ3v) is 5.66. The van der Waals surface area contributed by atoms with Crippen LogP contribution in [0.2, 0.25) is 5.02 Å². The van der Waals surface area contributed by atoms with Gasteiger partial charge in [-0.15, -0.1) is 0 Å². The average molecular weight is 448 g/mol. The second-order valence-electron chi connectivity index (χ2n) is 6.98. The molecule has 31 heavy (non-hydrogen) atoms. The van der Waals surface area contributed by atoms with E-state index in [2.05, 4.69) is 0 Å². The molecule has 2 aliphatic rings. The number of anilines is 1. The Balaban J connectivity index is 1.85. The maximum atomic E-state index is 13.6. The molecule has 2 heterocycles. The third-order valence-electron chi connectivity index (χ3n) is 5.37. The number of benzene rings is 2. The highest BCUT2D eigenvalue weighted by molar-refractivity contribution is 6.31.